The predicted octanol–water partition coefficient (Wildman–Crippen LogP) is 6.34. The molecule has 196 valence electrons. The molecular formula is C28H44N2O5. The van der Waals surface area contributed by atoms with Gasteiger partial charge in [0.05, 0.1) is 13.2 Å². The van der Waals surface area contributed by atoms with Crippen molar-refractivity contribution in [2.45, 2.75) is 80.6 Å². The first kappa shape index (κ1) is 30.2. The Balaban J connectivity index is 2.82. The fourth-order valence-corrected chi connectivity index (χ4v) is 2.86. The molecule has 0 atom stereocenters. The number of hydrogen-bond acceptors (Lipinski definition) is 5. The van der Waals surface area contributed by atoms with Crippen LogP contribution in [0.3, 0.4) is 0 Å². The highest BCUT2D eigenvalue weighted by Crippen LogP contribution is 2.19. The summed E-state index contributed by atoms with van der Waals surface area (Å²) >= 11 is 0. The Morgan fingerprint density at radius 1 is 0.800 bits per heavy atom. The minimum absolute atomic E-state index is 0.167. The van der Waals surface area contributed by atoms with E-state index < -0.39 is 11.9 Å². The average Bonchev–Trinajstić information content (AvgIpc) is 2.76. The van der Waals surface area contributed by atoms with Gasteiger partial charge < -0.3 is 20.1 Å². The number of anilines is 1. The molecule has 0 aliphatic heterocycles. The normalized spacial score (nSPS) is 11.4. The van der Waals surface area contributed by atoms with E-state index in [1.807, 2.05) is 41.5 Å². The van der Waals surface area contributed by atoms with Crippen LogP contribution in [0.1, 0.15) is 86.1 Å². The number of hydrogen-bond donors (Lipinski definition) is 2. The maximum absolute atomic E-state index is 12.7. The lowest BCUT2D eigenvalue weighted by atomic mass is 9.98. The van der Waals surface area contributed by atoms with Gasteiger partial charge in [-0.1, -0.05) is 86.3 Å². The van der Waals surface area contributed by atoms with Crippen LogP contribution in [-0.4, -0.2) is 37.7 Å². The molecule has 2 amide bonds. The molecule has 0 aliphatic carbocycles. The third kappa shape index (κ3) is 14.2. The maximum atomic E-state index is 12.7. The van der Waals surface area contributed by atoms with Crippen molar-refractivity contribution in [1.29, 1.82) is 0 Å². The number of urea groups is 1. The van der Waals surface area contributed by atoms with Gasteiger partial charge in [0, 0.05) is 12.2 Å². The van der Waals surface area contributed by atoms with Crippen molar-refractivity contribution < 1.29 is 23.9 Å². The number of nitrogens with one attached hydrogen (secondary N) is 2. The van der Waals surface area contributed by atoms with Crippen molar-refractivity contribution in [2.75, 3.05) is 25.1 Å². The van der Waals surface area contributed by atoms with Crippen molar-refractivity contribution in [3.8, 4) is 0 Å². The summed E-state index contributed by atoms with van der Waals surface area (Å²) in [5.74, 6) is -1.45. The molecule has 1 aromatic carbocycles. The zero-order valence-corrected chi connectivity index (χ0v) is 22.6. The molecule has 7 nitrogen and oxygen atoms in total. The second-order valence-corrected chi connectivity index (χ2v) is 11.2. The molecule has 35 heavy (non-hydrogen) atoms. The minimum atomic E-state index is -0.723. The predicted molar refractivity (Wildman–Crippen MR) is 141 cm³/mol. The molecule has 0 fully saturated rings. The second kappa shape index (κ2) is 14.5. The highest BCUT2D eigenvalue weighted by atomic mass is 16.6. The molecule has 0 saturated carbocycles. The molecular weight excluding hydrogens is 444 g/mol. The third-order valence-electron chi connectivity index (χ3n) is 4.76. The number of ether oxygens (including phenoxy) is 2. The Hall–Kier alpha value is -2.83. The van der Waals surface area contributed by atoms with Gasteiger partial charge in [-0.2, -0.15) is 0 Å². The van der Waals surface area contributed by atoms with E-state index in [0.717, 1.165) is 12.8 Å². The van der Waals surface area contributed by atoms with Gasteiger partial charge in [0.25, 0.3) is 0 Å². The number of unbranched alkanes of at least 4 members (excludes halogenated alkanes) is 4. The number of esters is 2. The summed E-state index contributed by atoms with van der Waals surface area (Å²) in [6, 6.07) is 6.60. The van der Waals surface area contributed by atoms with Crippen LogP contribution in [0.2, 0.25) is 0 Å². The van der Waals surface area contributed by atoms with Gasteiger partial charge >= 0.3 is 18.0 Å². The highest BCUT2D eigenvalue weighted by molar-refractivity contribution is 6.17. The number of benzene rings is 1. The second-order valence-electron chi connectivity index (χ2n) is 11.2. The zero-order valence-electron chi connectivity index (χ0n) is 22.6. The zero-order chi connectivity index (χ0) is 26.5. The largest absolute Gasteiger partial charge is 0.461 e. The van der Waals surface area contributed by atoms with E-state index in [4.69, 9.17) is 9.47 Å². The number of amides is 2. The first-order valence-electron chi connectivity index (χ1n) is 12.5. The summed E-state index contributed by atoms with van der Waals surface area (Å²) in [5.41, 5.74) is 0.582. The molecule has 2 N–H and O–H groups in total. The molecule has 0 aromatic heterocycles. The maximum Gasteiger partial charge on any atom is 0.345 e. The van der Waals surface area contributed by atoms with Crippen molar-refractivity contribution in [2.24, 2.45) is 10.8 Å². The lowest BCUT2D eigenvalue weighted by molar-refractivity contribution is -0.149. The van der Waals surface area contributed by atoms with Crippen molar-refractivity contribution in [3.05, 3.63) is 35.4 Å². The molecule has 0 saturated heterocycles. The van der Waals surface area contributed by atoms with Gasteiger partial charge in [0.1, 0.15) is 5.57 Å². The fourth-order valence-electron chi connectivity index (χ4n) is 2.86. The molecule has 0 unspecified atom stereocenters. The van der Waals surface area contributed by atoms with Crippen LogP contribution in [0, 0.1) is 10.8 Å². The van der Waals surface area contributed by atoms with Gasteiger partial charge in [0.15, 0.2) is 0 Å². The van der Waals surface area contributed by atoms with E-state index in [2.05, 4.69) is 17.6 Å². The number of carbonyl (C=O) groups is 3. The van der Waals surface area contributed by atoms with Crippen LogP contribution < -0.4 is 10.6 Å². The van der Waals surface area contributed by atoms with Gasteiger partial charge in [-0.3, -0.25) is 0 Å². The molecule has 7 heteroatoms. The summed E-state index contributed by atoms with van der Waals surface area (Å²) in [6.07, 6.45) is 7.11. The summed E-state index contributed by atoms with van der Waals surface area (Å²) in [6.45, 7) is 14.8. The van der Waals surface area contributed by atoms with Crippen molar-refractivity contribution in [1.82, 2.24) is 5.32 Å². The van der Waals surface area contributed by atoms with Crippen molar-refractivity contribution >= 4 is 29.7 Å². The monoisotopic (exact) mass is 488 g/mol. The molecule has 0 aliphatic rings. The Kier molecular flexibility index (Phi) is 12.5. The summed E-state index contributed by atoms with van der Waals surface area (Å²) in [4.78, 5) is 37.5. The van der Waals surface area contributed by atoms with Crippen LogP contribution in [0.15, 0.2) is 29.8 Å². The van der Waals surface area contributed by atoms with Gasteiger partial charge in [-0.15, -0.1) is 0 Å². The fraction of sp³-hybridized carbons (Fsp3) is 0.607. The number of carbonyl (C=O) groups excluding carboxylic acids is 3. The molecule has 0 bridgehead atoms. The first-order valence-corrected chi connectivity index (χ1v) is 12.5. The Labute approximate surface area is 211 Å². The standard InChI is InChI=1S/C28H44N2O5/c1-8-9-10-11-12-17-29-26(33)30-22-15-13-21(14-16-22)18-23(24(31)34-19-27(2,3)4)25(32)35-20-28(5,6)7/h13-16,18H,8-12,17,19-20H2,1-7H3,(H2,29,30,33). The molecule has 1 rings (SSSR count). The Morgan fingerprint density at radius 3 is 1.80 bits per heavy atom. The minimum Gasteiger partial charge on any atom is -0.461 e. The highest BCUT2D eigenvalue weighted by Gasteiger charge is 2.25. The van der Waals surface area contributed by atoms with E-state index in [-0.39, 0.29) is 35.6 Å². The van der Waals surface area contributed by atoms with Crippen LogP contribution in [0.5, 0.6) is 0 Å². The lowest BCUT2D eigenvalue weighted by Gasteiger charge is -2.20. The first-order chi connectivity index (χ1) is 16.3. The number of rotatable bonds is 12. The summed E-state index contributed by atoms with van der Waals surface area (Å²) in [7, 11) is 0. The van der Waals surface area contributed by atoms with Crippen molar-refractivity contribution in [3.63, 3.8) is 0 Å². The van der Waals surface area contributed by atoms with E-state index in [9.17, 15) is 14.4 Å². The van der Waals surface area contributed by atoms with Gasteiger partial charge in [-0.05, 0) is 41.0 Å². The third-order valence-corrected chi connectivity index (χ3v) is 4.76. The van der Waals surface area contributed by atoms with Gasteiger partial charge in [0.2, 0.25) is 0 Å². The molecule has 0 radical (unpaired) electrons. The van der Waals surface area contributed by atoms with Crippen LogP contribution in [0.4, 0.5) is 10.5 Å². The van der Waals surface area contributed by atoms with Crippen LogP contribution >= 0.6 is 0 Å². The Bertz CT molecular complexity index is 814. The smallest absolute Gasteiger partial charge is 0.345 e. The lowest BCUT2D eigenvalue weighted by Crippen LogP contribution is -2.29. The topological polar surface area (TPSA) is 93.7 Å². The molecule has 0 heterocycles. The van der Waals surface area contributed by atoms with E-state index in [1.54, 1.807) is 24.3 Å². The Morgan fingerprint density at radius 2 is 1.31 bits per heavy atom. The van der Waals surface area contributed by atoms with E-state index >= 15 is 0 Å². The van der Waals surface area contributed by atoms with E-state index in [0.29, 0.717) is 17.8 Å². The summed E-state index contributed by atoms with van der Waals surface area (Å²) < 4.78 is 10.7. The quantitative estimate of drug-likeness (QED) is 0.118. The van der Waals surface area contributed by atoms with Gasteiger partial charge in [-0.25, -0.2) is 14.4 Å². The van der Waals surface area contributed by atoms with Crippen LogP contribution in [0.25, 0.3) is 6.08 Å². The van der Waals surface area contributed by atoms with E-state index in [1.165, 1.54) is 25.3 Å². The molecule has 1 aromatic rings. The average molecular weight is 489 g/mol. The summed E-state index contributed by atoms with van der Waals surface area (Å²) in [5, 5.41) is 5.64. The SMILES string of the molecule is CCCCCCCNC(=O)Nc1ccc(C=C(C(=O)OCC(C)(C)C)C(=O)OCC(C)(C)C)cc1. The molecule has 0 spiro atoms. The van der Waals surface area contributed by atoms with Crippen LogP contribution in [-0.2, 0) is 19.1 Å².